The molecule has 0 radical (unpaired) electrons. The quantitative estimate of drug-likeness (QED) is 0.866. The number of hydrogen-bond donors (Lipinski definition) is 1. The zero-order valence-electron chi connectivity index (χ0n) is 14.9. The van der Waals surface area contributed by atoms with Crippen LogP contribution in [0.25, 0.3) is 10.9 Å². The Morgan fingerprint density at radius 3 is 2.88 bits per heavy atom. The molecule has 1 aromatic carbocycles. The van der Waals surface area contributed by atoms with Gasteiger partial charge in [0.05, 0.1) is 19.6 Å². The molecule has 0 aliphatic carbocycles. The van der Waals surface area contributed by atoms with Crippen molar-refractivity contribution < 1.29 is 19.1 Å². The monoisotopic (exact) mass is 344 g/mol. The molecule has 0 bridgehead atoms. The maximum Gasteiger partial charge on any atom is 0.310 e. The third-order valence-corrected chi connectivity index (χ3v) is 4.81. The van der Waals surface area contributed by atoms with Gasteiger partial charge >= 0.3 is 5.97 Å². The van der Waals surface area contributed by atoms with Gasteiger partial charge in [0, 0.05) is 24.0 Å². The second-order valence-corrected chi connectivity index (χ2v) is 6.38. The number of nitrogens with one attached hydrogen (secondary N) is 1. The molecule has 2 heterocycles. The Balaban J connectivity index is 1.84. The Kier molecular flexibility index (Phi) is 4.97. The van der Waals surface area contributed by atoms with E-state index in [1.807, 2.05) is 25.1 Å². The second kappa shape index (κ2) is 7.17. The zero-order chi connectivity index (χ0) is 18.0. The van der Waals surface area contributed by atoms with Crippen molar-refractivity contribution in [3.63, 3.8) is 0 Å². The minimum Gasteiger partial charge on any atom is -0.497 e. The molecule has 0 unspecified atom stereocenters. The van der Waals surface area contributed by atoms with Crippen molar-refractivity contribution in [1.82, 2.24) is 9.88 Å². The van der Waals surface area contributed by atoms with Crippen LogP contribution < -0.4 is 4.74 Å². The second-order valence-electron chi connectivity index (χ2n) is 6.38. The number of aromatic nitrogens is 1. The number of fused-ring (bicyclic) bond motifs is 1. The number of amides is 1. The predicted octanol–water partition coefficient (Wildman–Crippen LogP) is 2.90. The minimum atomic E-state index is -0.234. The van der Waals surface area contributed by atoms with Crippen LogP contribution in [0.1, 0.15) is 35.8 Å². The van der Waals surface area contributed by atoms with Crippen LogP contribution in [-0.4, -0.2) is 48.6 Å². The first-order valence-electron chi connectivity index (χ1n) is 8.67. The number of aromatic amines is 1. The SMILES string of the molecule is CCOC(=O)[C@@H]1CCCN(C(=O)c2[nH]c3ccc(OC)cc3c2C)C1. The van der Waals surface area contributed by atoms with Crippen molar-refractivity contribution in [1.29, 1.82) is 0 Å². The number of H-pyrrole nitrogens is 1. The van der Waals surface area contributed by atoms with E-state index in [1.54, 1.807) is 18.9 Å². The fourth-order valence-corrected chi connectivity index (χ4v) is 3.42. The molecular formula is C19H24N2O4. The highest BCUT2D eigenvalue weighted by molar-refractivity contribution is 6.01. The zero-order valence-corrected chi connectivity index (χ0v) is 14.9. The molecule has 0 spiro atoms. The van der Waals surface area contributed by atoms with Gasteiger partial charge in [-0.25, -0.2) is 0 Å². The van der Waals surface area contributed by atoms with Crippen molar-refractivity contribution >= 4 is 22.8 Å². The normalized spacial score (nSPS) is 17.6. The summed E-state index contributed by atoms with van der Waals surface area (Å²) in [4.78, 5) is 29.9. The standard InChI is InChI=1S/C19H24N2O4/c1-4-25-19(23)13-6-5-9-21(11-13)18(22)17-12(2)15-10-14(24-3)7-8-16(15)20-17/h7-8,10,13,20H,4-6,9,11H2,1-3H3/t13-/m1/s1. The van der Waals surface area contributed by atoms with E-state index < -0.39 is 0 Å². The van der Waals surface area contributed by atoms with E-state index in [2.05, 4.69) is 4.98 Å². The topological polar surface area (TPSA) is 71.6 Å². The smallest absolute Gasteiger partial charge is 0.310 e. The summed E-state index contributed by atoms with van der Waals surface area (Å²) < 4.78 is 10.4. The number of carbonyl (C=O) groups excluding carboxylic acids is 2. The van der Waals surface area contributed by atoms with Crippen LogP contribution in [0.5, 0.6) is 5.75 Å². The molecule has 1 aliphatic heterocycles. The van der Waals surface area contributed by atoms with Crippen LogP contribution in [0.3, 0.4) is 0 Å². The Hall–Kier alpha value is -2.50. The molecular weight excluding hydrogens is 320 g/mol. The maximum absolute atomic E-state index is 13.0. The van der Waals surface area contributed by atoms with Crippen molar-refractivity contribution in [3.8, 4) is 5.75 Å². The molecule has 6 nitrogen and oxygen atoms in total. The number of ether oxygens (including phenoxy) is 2. The van der Waals surface area contributed by atoms with Crippen LogP contribution in [0.15, 0.2) is 18.2 Å². The van der Waals surface area contributed by atoms with Crippen LogP contribution in [0, 0.1) is 12.8 Å². The van der Waals surface area contributed by atoms with Crippen LogP contribution in [0.2, 0.25) is 0 Å². The van der Waals surface area contributed by atoms with Gasteiger partial charge in [-0.1, -0.05) is 0 Å². The van der Waals surface area contributed by atoms with Crippen LogP contribution in [-0.2, 0) is 9.53 Å². The molecule has 1 amide bonds. The van der Waals surface area contributed by atoms with Gasteiger partial charge in [-0.15, -0.1) is 0 Å². The molecule has 1 atom stereocenters. The number of nitrogens with zero attached hydrogens (tertiary/aromatic N) is 1. The van der Waals surface area contributed by atoms with Gasteiger partial charge in [0.25, 0.3) is 5.91 Å². The highest BCUT2D eigenvalue weighted by Gasteiger charge is 2.31. The lowest BCUT2D eigenvalue weighted by Gasteiger charge is -2.31. The van der Waals surface area contributed by atoms with Gasteiger partial charge in [-0.3, -0.25) is 9.59 Å². The van der Waals surface area contributed by atoms with E-state index in [9.17, 15) is 9.59 Å². The summed E-state index contributed by atoms with van der Waals surface area (Å²) in [6.07, 6.45) is 1.58. The molecule has 6 heteroatoms. The summed E-state index contributed by atoms with van der Waals surface area (Å²) >= 11 is 0. The van der Waals surface area contributed by atoms with E-state index >= 15 is 0 Å². The molecule has 1 saturated heterocycles. The molecule has 1 fully saturated rings. The van der Waals surface area contributed by atoms with Crippen molar-refractivity contribution in [2.45, 2.75) is 26.7 Å². The number of rotatable bonds is 4. The lowest BCUT2D eigenvalue weighted by atomic mass is 9.97. The molecule has 2 aromatic rings. The van der Waals surface area contributed by atoms with E-state index in [1.165, 1.54) is 0 Å². The van der Waals surface area contributed by atoms with Gasteiger partial charge < -0.3 is 19.4 Å². The van der Waals surface area contributed by atoms with Crippen LogP contribution >= 0.6 is 0 Å². The number of carbonyl (C=O) groups is 2. The van der Waals surface area contributed by atoms with E-state index in [-0.39, 0.29) is 17.8 Å². The molecule has 0 saturated carbocycles. The van der Waals surface area contributed by atoms with E-state index in [0.717, 1.165) is 35.1 Å². The highest BCUT2D eigenvalue weighted by Crippen LogP contribution is 2.28. The average Bonchev–Trinajstić information content (AvgIpc) is 2.97. The van der Waals surface area contributed by atoms with Gasteiger partial charge in [0.15, 0.2) is 0 Å². The third kappa shape index (κ3) is 3.34. The summed E-state index contributed by atoms with van der Waals surface area (Å²) in [5.41, 5.74) is 2.38. The van der Waals surface area contributed by atoms with Gasteiger partial charge in [0.1, 0.15) is 11.4 Å². The van der Waals surface area contributed by atoms with Crippen molar-refractivity contribution in [2.24, 2.45) is 5.92 Å². The number of likely N-dealkylation sites (tertiary alicyclic amines) is 1. The average molecular weight is 344 g/mol. The molecule has 25 heavy (non-hydrogen) atoms. The maximum atomic E-state index is 13.0. The first-order chi connectivity index (χ1) is 12.0. The molecule has 1 N–H and O–H groups in total. The van der Waals surface area contributed by atoms with Gasteiger partial charge in [0.2, 0.25) is 0 Å². The summed E-state index contributed by atoms with van der Waals surface area (Å²) in [5, 5.41) is 0.974. The summed E-state index contributed by atoms with van der Waals surface area (Å²) in [5.74, 6) is 0.246. The number of benzene rings is 1. The van der Waals surface area contributed by atoms with Crippen molar-refractivity contribution in [2.75, 3.05) is 26.8 Å². The fourth-order valence-electron chi connectivity index (χ4n) is 3.42. The van der Waals surface area contributed by atoms with Crippen LogP contribution in [0.4, 0.5) is 0 Å². The minimum absolute atomic E-state index is 0.0679. The summed E-state index contributed by atoms with van der Waals surface area (Å²) in [6, 6.07) is 5.70. The lowest BCUT2D eigenvalue weighted by molar-refractivity contribution is -0.149. The number of esters is 1. The van der Waals surface area contributed by atoms with Crippen molar-refractivity contribution in [3.05, 3.63) is 29.5 Å². The predicted molar refractivity (Wildman–Crippen MR) is 94.8 cm³/mol. The van der Waals surface area contributed by atoms with Gasteiger partial charge in [-0.05, 0) is 50.5 Å². The van der Waals surface area contributed by atoms with Gasteiger partial charge in [-0.2, -0.15) is 0 Å². The first-order valence-corrected chi connectivity index (χ1v) is 8.67. The summed E-state index contributed by atoms with van der Waals surface area (Å²) in [7, 11) is 1.62. The molecule has 134 valence electrons. The molecule has 3 rings (SSSR count). The van der Waals surface area contributed by atoms with E-state index in [4.69, 9.17) is 9.47 Å². The largest absolute Gasteiger partial charge is 0.497 e. The fraction of sp³-hybridized carbons (Fsp3) is 0.474. The Bertz CT molecular complexity index is 796. The van der Waals surface area contributed by atoms with E-state index in [0.29, 0.717) is 25.4 Å². The Labute approximate surface area is 147 Å². The molecule has 1 aliphatic rings. The highest BCUT2D eigenvalue weighted by atomic mass is 16.5. The Morgan fingerprint density at radius 2 is 2.16 bits per heavy atom. The lowest BCUT2D eigenvalue weighted by Crippen LogP contribution is -2.43. The summed E-state index contributed by atoms with van der Waals surface area (Å²) in [6.45, 7) is 5.17. The first kappa shape index (κ1) is 17.3. The number of hydrogen-bond acceptors (Lipinski definition) is 4. The number of methoxy groups -OCH3 is 1. The number of aryl methyl sites for hydroxylation is 1. The Morgan fingerprint density at radius 1 is 1.36 bits per heavy atom. The third-order valence-electron chi connectivity index (χ3n) is 4.81. The molecule has 1 aromatic heterocycles. The number of piperidine rings is 1.